The molecule has 3 N–H and O–H groups in total. The van der Waals surface area contributed by atoms with Gasteiger partial charge in [0.2, 0.25) is 0 Å². The summed E-state index contributed by atoms with van der Waals surface area (Å²) in [6, 6.07) is 10.6. The van der Waals surface area contributed by atoms with Gasteiger partial charge in [-0.25, -0.2) is 0 Å². The largest absolute Gasteiger partial charge is 0.769 e. The van der Waals surface area contributed by atoms with E-state index in [9.17, 15) is 10.4 Å². The second-order valence-corrected chi connectivity index (χ2v) is 4.39. The monoisotopic (exact) mass is 318 g/mol. The molecule has 2 aromatic carbocycles. The number of ether oxygens (including phenoxy) is 1. The van der Waals surface area contributed by atoms with E-state index in [4.69, 9.17) is 15.2 Å². The van der Waals surface area contributed by atoms with Crippen LogP contribution in [-0.2, 0) is 0 Å². The van der Waals surface area contributed by atoms with E-state index in [-0.39, 0.29) is 22.3 Å². The quantitative estimate of drug-likeness (QED) is 0.547. The summed E-state index contributed by atoms with van der Waals surface area (Å²) in [5, 5.41) is 42.8. The molecule has 2 aromatic rings. The van der Waals surface area contributed by atoms with Gasteiger partial charge in [-0.1, -0.05) is 0 Å². The van der Waals surface area contributed by atoms with Crippen molar-refractivity contribution < 1.29 is 15.2 Å². The van der Waals surface area contributed by atoms with Crippen LogP contribution < -0.4 is 20.6 Å². The Bertz CT molecular complexity index is 673. The zero-order valence-electron chi connectivity index (χ0n) is 12.1. The van der Waals surface area contributed by atoms with Gasteiger partial charge in [0, 0.05) is 5.69 Å². The first-order valence-corrected chi connectivity index (χ1v) is 6.40. The molecule has 0 radical (unpaired) electrons. The summed E-state index contributed by atoms with van der Waals surface area (Å²) in [7, 11) is 1.57. The maximum atomic E-state index is 10.7. The van der Waals surface area contributed by atoms with Crippen LogP contribution in [0.25, 0.3) is 0 Å². The standard InChI is InChI=1S/C14H14N4O5/c1-23-12-5-2-10(3-6-12)9-15-16-13-7-4-11(17(19)20)8-14(13)18(21)22/h2-9,16,21-22H,1H3/q-2. The van der Waals surface area contributed by atoms with E-state index in [1.165, 1.54) is 18.3 Å². The predicted molar refractivity (Wildman–Crippen MR) is 85.9 cm³/mol. The fraction of sp³-hybridized carbons (Fsp3) is 0.0714. The first-order valence-electron chi connectivity index (χ1n) is 6.40. The van der Waals surface area contributed by atoms with Gasteiger partial charge in [-0.15, -0.1) is 5.23 Å². The van der Waals surface area contributed by atoms with E-state index in [2.05, 4.69) is 10.5 Å². The molecule has 9 heteroatoms. The molecule has 0 aliphatic rings. The molecule has 0 aliphatic heterocycles. The van der Waals surface area contributed by atoms with Crippen LogP contribution in [-0.4, -0.2) is 23.7 Å². The number of hydrogen-bond donors (Lipinski definition) is 3. The molecule has 0 saturated heterocycles. The van der Waals surface area contributed by atoms with E-state index in [0.29, 0.717) is 5.75 Å². The second kappa shape index (κ2) is 7.42. The molecule has 0 amide bonds. The Morgan fingerprint density at radius 2 is 1.83 bits per heavy atom. The number of hydrogen-bond acceptors (Lipinski definition) is 9. The number of methoxy groups -OCH3 is 1. The Balaban J connectivity index is 2.13. The van der Waals surface area contributed by atoms with Gasteiger partial charge in [0.05, 0.1) is 19.0 Å². The van der Waals surface area contributed by atoms with Gasteiger partial charge in [0.1, 0.15) is 11.4 Å². The van der Waals surface area contributed by atoms with Crippen molar-refractivity contribution in [3.8, 4) is 5.75 Å². The van der Waals surface area contributed by atoms with E-state index in [1.807, 2.05) is 0 Å². The SMILES string of the molecule is COc1ccc(C=NNc2ccc(N([O-])[O-])cc2N(O)O)cc1. The van der Waals surface area contributed by atoms with E-state index in [0.717, 1.165) is 11.6 Å². The fourth-order valence-corrected chi connectivity index (χ4v) is 1.76. The van der Waals surface area contributed by atoms with Crippen LogP contribution in [0.15, 0.2) is 47.6 Å². The van der Waals surface area contributed by atoms with Crippen LogP contribution >= 0.6 is 0 Å². The van der Waals surface area contributed by atoms with Crippen LogP contribution in [0.1, 0.15) is 5.56 Å². The first-order chi connectivity index (χ1) is 11.0. The maximum Gasteiger partial charge on any atom is 0.121 e. The topological polar surface area (TPSA) is 127 Å². The molecule has 122 valence electrons. The highest BCUT2D eigenvalue weighted by Crippen LogP contribution is 2.29. The zero-order chi connectivity index (χ0) is 16.8. The summed E-state index contributed by atoms with van der Waals surface area (Å²) < 4.78 is 5.04. The summed E-state index contributed by atoms with van der Waals surface area (Å²) in [6.45, 7) is 0. The van der Waals surface area contributed by atoms with Gasteiger partial charge in [-0.05, 0) is 48.0 Å². The minimum absolute atomic E-state index is 0.186. The van der Waals surface area contributed by atoms with Gasteiger partial charge >= 0.3 is 0 Å². The predicted octanol–water partition coefficient (Wildman–Crippen LogP) is 2.53. The van der Waals surface area contributed by atoms with Crippen molar-refractivity contribution in [1.29, 1.82) is 0 Å². The van der Waals surface area contributed by atoms with Crippen LogP contribution in [0.2, 0.25) is 0 Å². The van der Waals surface area contributed by atoms with Crippen molar-refractivity contribution >= 4 is 23.3 Å². The summed E-state index contributed by atoms with van der Waals surface area (Å²) in [6.07, 6.45) is 1.50. The van der Waals surface area contributed by atoms with Crippen molar-refractivity contribution in [3.63, 3.8) is 0 Å². The zero-order valence-corrected chi connectivity index (χ0v) is 12.1. The molecular formula is C14H14N4O5-2. The van der Waals surface area contributed by atoms with Crippen LogP contribution in [0.4, 0.5) is 17.1 Å². The molecule has 0 atom stereocenters. The number of hydrazone groups is 1. The number of anilines is 3. The third-order valence-corrected chi connectivity index (χ3v) is 2.92. The minimum Gasteiger partial charge on any atom is -0.769 e. The maximum absolute atomic E-state index is 10.7. The number of nitrogens with zero attached hydrogens (tertiary/aromatic N) is 3. The minimum atomic E-state index is -0.641. The molecule has 9 nitrogen and oxygen atoms in total. The van der Waals surface area contributed by atoms with Gasteiger partial charge in [0.15, 0.2) is 0 Å². The Morgan fingerprint density at radius 3 is 2.39 bits per heavy atom. The average Bonchev–Trinajstić information content (AvgIpc) is 2.55. The molecule has 0 fully saturated rings. The van der Waals surface area contributed by atoms with Crippen LogP contribution in [0.5, 0.6) is 5.75 Å². The number of rotatable bonds is 6. The van der Waals surface area contributed by atoms with Gasteiger partial charge in [0.25, 0.3) is 0 Å². The van der Waals surface area contributed by atoms with Crippen LogP contribution in [0.3, 0.4) is 0 Å². The highest BCUT2D eigenvalue weighted by atomic mass is 16.8. The lowest BCUT2D eigenvalue weighted by Gasteiger charge is -2.37. The van der Waals surface area contributed by atoms with Crippen molar-refractivity contribution in [3.05, 3.63) is 58.4 Å². The molecule has 2 rings (SSSR count). The molecule has 0 spiro atoms. The van der Waals surface area contributed by atoms with Crippen molar-refractivity contribution in [2.24, 2.45) is 5.10 Å². The van der Waals surface area contributed by atoms with Gasteiger partial charge in [-0.3, -0.25) is 15.8 Å². The van der Waals surface area contributed by atoms with Gasteiger partial charge in [-0.2, -0.15) is 5.10 Å². The molecule has 0 heterocycles. The lowest BCUT2D eigenvalue weighted by atomic mass is 10.2. The number of nitrogens with one attached hydrogen (secondary N) is 1. The second-order valence-electron chi connectivity index (χ2n) is 4.39. The Kier molecular flexibility index (Phi) is 5.33. The van der Waals surface area contributed by atoms with Crippen molar-refractivity contribution in [2.45, 2.75) is 0 Å². The molecule has 0 unspecified atom stereocenters. The Labute approximate surface area is 131 Å². The molecule has 0 bridgehead atoms. The normalized spacial score (nSPS) is 10.7. The summed E-state index contributed by atoms with van der Waals surface area (Å²) in [4.78, 5) is 0. The highest BCUT2D eigenvalue weighted by molar-refractivity contribution is 5.81. The molecule has 0 aliphatic carbocycles. The average molecular weight is 318 g/mol. The smallest absolute Gasteiger partial charge is 0.121 e. The Hall–Kier alpha value is -2.85. The summed E-state index contributed by atoms with van der Waals surface area (Å²) in [5.41, 5.74) is 3.08. The fourth-order valence-electron chi connectivity index (χ4n) is 1.76. The summed E-state index contributed by atoms with van der Waals surface area (Å²) in [5.74, 6) is 0.712. The molecule has 23 heavy (non-hydrogen) atoms. The third-order valence-electron chi connectivity index (χ3n) is 2.92. The van der Waals surface area contributed by atoms with E-state index < -0.39 is 5.23 Å². The van der Waals surface area contributed by atoms with Crippen molar-refractivity contribution in [1.82, 2.24) is 0 Å². The van der Waals surface area contributed by atoms with E-state index in [1.54, 1.807) is 31.4 Å². The molecule has 0 aromatic heterocycles. The Morgan fingerprint density at radius 1 is 1.13 bits per heavy atom. The van der Waals surface area contributed by atoms with Crippen molar-refractivity contribution in [2.75, 3.05) is 23.0 Å². The summed E-state index contributed by atoms with van der Waals surface area (Å²) >= 11 is 0. The van der Waals surface area contributed by atoms with Gasteiger partial charge < -0.3 is 20.4 Å². The lowest BCUT2D eigenvalue weighted by Crippen LogP contribution is -2.14. The third kappa shape index (κ3) is 4.31. The lowest BCUT2D eigenvalue weighted by molar-refractivity contribution is 0.0295. The number of benzene rings is 2. The molecular weight excluding hydrogens is 304 g/mol. The first kappa shape index (κ1) is 16.5. The van der Waals surface area contributed by atoms with Crippen LogP contribution in [0, 0.1) is 10.4 Å². The molecule has 0 saturated carbocycles. The van der Waals surface area contributed by atoms with E-state index >= 15 is 0 Å². The highest BCUT2D eigenvalue weighted by Gasteiger charge is 2.07.